The van der Waals surface area contributed by atoms with Gasteiger partial charge in [-0.05, 0) is 30.2 Å². The smallest absolute Gasteiger partial charge is 0.251 e. The molecule has 1 fully saturated rings. The molecule has 6 nitrogen and oxygen atoms in total. The van der Waals surface area contributed by atoms with Crippen molar-refractivity contribution in [1.29, 1.82) is 0 Å². The van der Waals surface area contributed by atoms with Crippen LogP contribution in [-0.4, -0.2) is 41.8 Å². The van der Waals surface area contributed by atoms with Crippen LogP contribution in [0.25, 0.3) is 0 Å². The van der Waals surface area contributed by atoms with Crippen molar-refractivity contribution in [2.24, 2.45) is 0 Å². The lowest BCUT2D eigenvalue weighted by atomic mass is 10.1. The highest BCUT2D eigenvalue weighted by Gasteiger charge is 2.30. The van der Waals surface area contributed by atoms with Gasteiger partial charge in [-0.3, -0.25) is 14.4 Å². The Morgan fingerprint density at radius 2 is 1.89 bits per heavy atom. The minimum Gasteiger partial charge on any atom is -0.347 e. The molecule has 1 heterocycles. The van der Waals surface area contributed by atoms with Gasteiger partial charge in [0.25, 0.3) is 5.91 Å². The van der Waals surface area contributed by atoms with E-state index in [1.807, 2.05) is 30.3 Å². The highest BCUT2D eigenvalue weighted by atomic mass is 16.2. The summed E-state index contributed by atoms with van der Waals surface area (Å²) in [5.74, 6) is -0.379. The van der Waals surface area contributed by atoms with E-state index in [4.69, 9.17) is 0 Å². The monoisotopic (exact) mass is 365 g/mol. The van der Waals surface area contributed by atoms with E-state index in [0.29, 0.717) is 30.8 Å². The third-order valence-electron chi connectivity index (χ3n) is 4.51. The van der Waals surface area contributed by atoms with Gasteiger partial charge in [-0.15, -0.1) is 0 Å². The third kappa shape index (κ3) is 5.17. The lowest BCUT2D eigenvalue weighted by Gasteiger charge is -2.17. The molecule has 3 amide bonds. The Kier molecular flexibility index (Phi) is 5.86. The maximum Gasteiger partial charge on any atom is 0.251 e. The third-order valence-corrected chi connectivity index (χ3v) is 4.51. The molecule has 0 saturated carbocycles. The second kappa shape index (κ2) is 8.49. The van der Waals surface area contributed by atoms with Gasteiger partial charge >= 0.3 is 0 Å². The zero-order valence-electron chi connectivity index (χ0n) is 15.3. The Morgan fingerprint density at radius 1 is 1.11 bits per heavy atom. The predicted molar refractivity (Wildman–Crippen MR) is 103 cm³/mol. The fourth-order valence-electron chi connectivity index (χ4n) is 3.20. The van der Waals surface area contributed by atoms with Gasteiger partial charge in [-0.25, -0.2) is 0 Å². The highest BCUT2D eigenvalue weighted by Crippen LogP contribution is 2.15. The Labute approximate surface area is 158 Å². The second-order valence-corrected chi connectivity index (χ2v) is 6.71. The van der Waals surface area contributed by atoms with Gasteiger partial charge in [0, 0.05) is 37.7 Å². The Bertz CT molecular complexity index is 836. The van der Waals surface area contributed by atoms with Gasteiger partial charge in [0.15, 0.2) is 0 Å². The molecule has 0 aliphatic carbocycles. The van der Waals surface area contributed by atoms with Crippen LogP contribution in [0.5, 0.6) is 0 Å². The molecule has 1 atom stereocenters. The molecule has 1 aliphatic heterocycles. The minimum absolute atomic E-state index is 0.0585. The number of carbonyl (C=O) groups excluding carboxylic acids is 3. The molecule has 0 spiro atoms. The molecule has 2 aromatic carbocycles. The van der Waals surface area contributed by atoms with Crippen LogP contribution in [0.1, 0.15) is 29.3 Å². The van der Waals surface area contributed by atoms with E-state index in [-0.39, 0.29) is 23.8 Å². The van der Waals surface area contributed by atoms with E-state index < -0.39 is 0 Å². The first-order chi connectivity index (χ1) is 13.0. The van der Waals surface area contributed by atoms with Crippen LogP contribution in [0.15, 0.2) is 54.6 Å². The quantitative estimate of drug-likeness (QED) is 0.824. The molecule has 0 bridgehead atoms. The lowest BCUT2D eigenvalue weighted by Crippen LogP contribution is -2.37. The topological polar surface area (TPSA) is 78.5 Å². The number of anilines is 1. The first kappa shape index (κ1) is 18.6. The van der Waals surface area contributed by atoms with Crippen LogP contribution < -0.4 is 10.6 Å². The number of nitrogens with one attached hydrogen (secondary N) is 2. The van der Waals surface area contributed by atoms with Crippen LogP contribution in [-0.2, 0) is 16.0 Å². The van der Waals surface area contributed by atoms with E-state index in [1.165, 1.54) is 12.5 Å². The molecule has 1 aliphatic rings. The molecule has 0 aromatic heterocycles. The standard InChI is InChI=1S/C21H23N3O3/c1-15(25)22-18-9-5-8-17(12-18)21(27)23-19-13-20(26)24(14-19)11-10-16-6-3-2-4-7-16/h2-9,12,19H,10-11,13-14H2,1H3,(H,22,25)(H,23,27). The van der Waals surface area contributed by atoms with E-state index in [9.17, 15) is 14.4 Å². The maximum atomic E-state index is 12.5. The van der Waals surface area contributed by atoms with Crippen LogP contribution >= 0.6 is 0 Å². The predicted octanol–water partition coefficient (Wildman–Crippen LogP) is 2.22. The van der Waals surface area contributed by atoms with E-state index in [1.54, 1.807) is 29.2 Å². The van der Waals surface area contributed by atoms with Crippen molar-refractivity contribution in [3.63, 3.8) is 0 Å². The summed E-state index contributed by atoms with van der Waals surface area (Å²) in [6.45, 7) is 2.58. The molecule has 6 heteroatoms. The van der Waals surface area contributed by atoms with Gasteiger partial charge in [-0.1, -0.05) is 36.4 Å². The molecule has 2 aromatic rings. The summed E-state index contributed by atoms with van der Waals surface area (Å²) < 4.78 is 0. The van der Waals surface area contributed by atoms with E-state index >= 15 is 0 Å². The first-order valence-corrected chi connectivity index (χ1v) is 9.01. The van der Waals surface area contributed by atoms with Gasteiger partial charge in [0.2, 0.25) is 11.8 Å². The number of amides is 3. The number of hydrogen-bond donors (Lipinski definition) is 2. The van der Waals surface area contributed by atoms with Crippen molar-refractivity contribution >= 4 is 23.4 Å². The van der Waals surface area contributed by atoms with Crippen molar-refractivity contribution in [1.82, 2.24) is 10.2 Å². The van der Waals surface area contributed by atoms with Crippen molar-refractivity contribution in [2.75, 3.05) is 18.4 Å². The number of carbonyl (C=O) groups is 3. The molecule has 1 unspecified atom stereocenters. The van der Waals surface area contributed by atoms with E-state index in [2.05, 4.69) is 10.6 Å². The van der Waals surface area contributed by atoms with Gasteiger partial charge in [-0.2, -0.15) is 0 Å². The summed E-state index contributed by atoms with van der Waals surface area (Å²) in [5.41, 5.74) is 2.21. The van der Waals surface area contributed by atoms with Crippen molar-refractivity contribution < 1.29 is 14.4 Å². The fourth-order valence-corrected chi connectivity index (χ4v) is 3.20. The zero-order chi connectivity index (χ0) is 19.2. The molecule has 140 valence electrons. The van der Waals surface area contributed by atoms with Crippen LogP contribution in [0.2, 0.25) is 0 Å². The summed E-state index contributed by atoms with van der Waals surface area (Å²) >= 11 is 0. The molecule has 3 rings (SSSR count). The molecular weight excluding hydrogens is 342 g/mol. The van der Waals surface area contributed by atoms with Crippen molar-refractivity contribution in [3.05, 3.63) is 65.7 Å². The van der Waals surface area contributed by atoms with E-state index in [0.717, 1.165) is 6.42 Å². The molecule has 0 radical (unpaired) electrons. The van der Waals surface area contributed by atoms with Gasteiger partial charge in [0.05, 0.1) is 6.04 Å². The summed E-state index contributed by atoms with van der Waals surface area (Å²) in [5, 5.41) is 5.58. The van der Waals surface area contributed by atoms with Crippen molar-refractivity contribution in [2.45, 2.75) is 25.8 Å². The lowest BCUT2D eigenvalue weighted by molar-refractivity contribution is -0.127. The SMILES string of the molecule is CC(=O)Nc1cccc(C(=O)NC2CC(=O)N(CCc3ccccc3)C2)c1. The molecule has 1 saturated heterocycles. The number of benzene rings is 2. The maximum absolute atomic E-state index is 12.5. The minimum atomic E-state index is -0.245. The van der Waals surface area contributed by atoms with Gasteiger partial charge < -0.3 is 15.5 Å². The number of nitrogens with zero attached hydrogens (tertiary/aromatic N) is 1. The molecular formula is C21H23N3O3. The highest BCUT2D eigenvalue weighted by molar-refractivity contribution is 5.97. The number of rotatable bonds is 6. The summed E-state index contributed by atoms with van der Waals surface area (Å²) in [4.78, 5) is 37.7. The summed E-state index contributed by atoms with van der Waals surface area (Å²) in [6, 6.07) is 16.6. The first-order valence-electron chi connectivity index (χ1n) is 9.01. The summed E-state index contributed by atoms with van der Waals surface area (Å²) in [6.07, 6.45) is 1.11. The largest absolute Gasteiger partial charge is 0.347 e. The zero-order valence-corrected chi connectivity index (χ0v) is 15.3. The normalized spacial score (nSPS) is 16.3. The number of hydrogen-bond acceptors (Lipinski definition) is 3. The fraction of sp³-hybridized carbons (Fsp3) is 0.286. The molecule has 27 heavy (non-hydrogen) atoms. The van der Waals surface area contributed by atoms with Crippen LogP contribution in [0, 0.1) is 0 Å². The average Bonchev–Trinajstić information content (AvgIpc) is 2.99. The van der Waals surface area contributed by atoms with Crippen molar-refractivity contribution in [3.8, 4) is 0 Å². The number of likely N-dealkylation sites (tertiary alicyclic amines) is 1. The Balaban J connectivity index is 1.54. The summed E-state index contributed by atoms with van der Waals surface area (Å²) in [7, 11) is 0. The average molecular weight is 365 g/mol. The van der Waals surface area contributed by atoms with Crippen LogP contribution in [0.3, 0.4) is 0 Å². The molecule has 2 N–H and O–H groups in total. The Morgan fingerprint density at radius 3 is 2.63 bits per heavy atom. The van der Waals surface area contributed by atoms with Crippen LogP contribution in [0.4, 0.5) is 5.69 Å². The van der Waals surface area contributed by atoms with Gasteiger partial charge in [0.1, 0.15) is 0 Å². The Hall–Kier alpha value is -3.15. The second-order valence-electron chi connectivity index (χ2n) is 6.71.